The monoisotopic (exact) mass is 363 g/mol. The Balaban J connectivity index is 1.73. The lowest BCUT2D eigenvalue weighted by Crippen LogP contribution is -2.39. The molecule has 138 valence electrons. The normalized spacial score (nSPS) is 11.6. The van der Waals surface area contributed by atoms with Crippen LogP contribution in [0.3, 0.4) is 0 Å². The van der Waals surface area contributed by atoms with Crippen LogP contribution in [0.4, 0.5) is 0 Å². The minimum absolute atomic E-state index is 0.250. The van der Waals surface area contributed by atoms with Gasteiger partial charge in [-0.05, 0) is 24.1 Å². The fourth-order valence-corrected chi connectivity index (χ4v) is 2.74. The summed E-state index contributed by atoms with van der Waals surface area (Å²) < 4.78 is 10.2. The summed E-state index contributed by atoms with van der Waals surface area (Å²) in [6.07, 6.45) is 1.78. The van der Waals surface area contributed by atoms with Gasteiger partial charge in [-0.25, -0.2) is 4.79 Å². The number of furan rings is 1. The average Bonchev–Trinajstić information content (AvgIpc) is 3.23. The molecule has 2 aromatic carbocycles. The largest absolute Gasteiger partial charge is 0.472 e. The van der Waals surface area contributed by atoms with Crippen molar-refractivity contribution in [2.75, 3.05) is 0 Å². The first-order valence-electron chi connectivity index (χ1n) is 8.73. The molecule has 1 atom stereocenters. The lowest BCUT2D eigenvalue weighted by molar-refractivity contribution is -0.141. The summed E-state index contributed by atoms with van der Waals surface area (Å²) in [6, 6.07) is 21.0. The van der Waals surface area contributed by atoms with Gasteiger partial charge in [0.2, 0.25) is 0 Å². The number of hydrogen-bond acceptors (Lipinski definition) is 4. The number of benzene rings is 2. The SMILES string of the molecule is CC(OC(=O)c1ccoc1)C(=O)N(Cc1ccccc1)Cc1ccccc1. The zero-order chi connectivity index (χ0) is 19.1. The summed E-state index contributed by atoms with van der Waals surface area (Å²) in [6.45, 7) is 2.45. The average molecular weight is 363 g/mol. The van der Waals surface area contributed by atoms with Crippen LogP contribution >= 0.6 is 0 Å². The molecule has 0 spiro atoms. The zero-order valence-corrected chi connectivity index (χ0v) is 15.1. The van der Waals surface area contributed by atoms with Crippen molar-refractivity contribution in [1.29, 1.82) is 0 Å². The van der Waals surface area contributed by atoms with Crippen LogP contribution in [-0.4, -0.2) is 22.9 Å². The van der Waals surface area contributed by atoms with Crippen molar-refractivity contribution in [1.82, 2.24) is 4.90 Å². The van der Waals surface area contributed by atoms with Crippen LogP contribution in [0.5, 0.6) is 0 Å². The lowest BCUT2D eigenvalue weighted by Gasteiger charge is -2.26. The molecule has 3 rings (SSSR count). The minimum atomic E-state index is -0.903. The molecule has 3 aromatic rings. The van der Waals surface area contributed by atoms with Gasteiger partial charge in [-0.15, -0.1) is 0 Å². The van der Waals surface area contributed by atoms with E-state index in [1.807, 2.05) is 60.7 Å². The Labute approximate surface area is 158 Å². The van der Waals surface area contributed by atoms with Gasteiger partial charge in [0.25, 0.3) is 5.91 Å². The van der Waals surface area contributed by atoms with E-state index >= 15 is 0 Å². The van der Waals surface area contributed by atoms with Crippen LogP contribution in [0.25, 0.3) is 0 Å². The van der Waals surface area contributed by atoms with Crippen molar-refractivity contribution in [2.45, 2.75) is 26.1 Å². The van der Waals surface area contributed by atoms with Gasteiger partial charge in [0, 0.05) is 13.1 Å². The molecule has 5 nitrogen and oxygen atoms in total. The molecule has 0 saturated carbocycles. The lowest BCUT2D eigenvalue weighted by atomic mass is 10.1. The number of amides is 1. The predicted octanol–water partition coefficient (Wildman–Crippen LogP) is 4.05. The van der Waals surface area contributed by atoms with Crippen LogP contribution in [0.1, 0.15) is 28.4 Å². The number of ether oxygens (including phenoxy) is 1. The van der Waals surface area contributed by atoms with Crippen LogP contribution in [-0.2, 0) is 22.6 Å². The molecule has 0 aliphatic heterocycles. The van der Waals surface area contributed by atoms with E-state index in [1.54, 1.807) is 11.8 Å². The molecule has 0 fully saturated rings. The number of carbonyl (C=O) groups excluding carboxylic acids is 2. The molecule has 5 heteroatoms. The molecule has 1 amide bonds. The Morgan fingerprint density at radius 1 is 0.926 bits per heavy atom. The third-order valence-electron chi connectivity index (χ3n) is 4.13. The smallest absolute Gasteiger partial charge is 0.342 e. The summed E-state index contributed by atoms with van der Waals surface area (Å²) in [4.78, 5) is 26.8. The van der Waals surface area contributed by atoms with E-state index in [9.17, 15) is 9.59 Å². The maximum absolute atomic E-state index is 13.0. The Kier molecular flexibility index (Phi) is 6.05. The first-order chi connectivity index (χ1) is 13.1. The van der Waals surface area contributed by atoms with Gasteiger partial charge in [0.05, 0.1) is 11.8 Å². The van der Waals surface area contributed by atoms with Gasteiger partial charge in [-0.2, -0.15) is 0 Å². The minimum Gasteiger partial charge on any atom is -0.472 e. The predicted molar refractivity (Wildman–Crippen MR) is 101 cm³/mol. The standard InChI is InChI=1S/C22H21NO4/c1-17(27-22(25)20-12-13-26-16-20)21(24)23(14-18-8-4-2-5-9-18)15-19-10-6-3-7-11-19/h2-13,16-17H,14-15H2,1H3. The second kappa shape index (κ2) is 8.85. The maximum atomic E-state index is 13.0. The number of esters is 1. The van der Waals surface area contributed by atoms with Gasteiger partial charge in [-0.3, -0.25) is 4.79 Å². The van der Waals surface area contributed by atoms with E-state index in [2.05, 4.69) is 0 Å². The molecule has 0 aliphatic rings. The zero-order valence-electron chi connectivity index (χ0n) is 15.1. The van der Waals surface area contributed by atoms with E-state index in [4.69, 9.17) is 9.15 Å². The Bertz CT molecular complexity index is 818. The summed E-state index contributed by atoms with van der Waals surface area (Å²) in [5, 5.41) is 0. The van der Waals surface area contributed by atoms with Gasteiger partial charge < -0.3 is 14.1 Å². The van der Waals surface area contributed by atoms with Gasteiger partial charge in [-0.1, -0.05) is 60.7 Å². The fraction of sp³-hybridized carbons (Fsp3) is 0.182. The van der Waals surface area contributed by atoms with Crippen molar-refractivity contribution < 1.29 is 18.7 Å². The van der Waals surface area contributed by atoms with Crippen molar-refractivity contribution >= 4 is 11.9 Å². The van der Waals surface area contributed by atoms with Crippen molar-refractivity contribution in [3.05, 3.63) is 95.9 Å². The molecule has 27 heavy (non-hydrogen) atoms. The van der Waals surface area contributed by atoms with Crippen LogP contribution in [0.15, 0.2) is 83.7 Å². The molecule has 1 unspecified atom stereocenters. The van der Waals surface area contributed by atoms with E-state index < -0.39 is 12.1 Å². The summed E-state index contributed by atoms with van der Waals surface area (Å²) >= 11 is 0. The van der Waals surface area contributed by atoms with E-state index in [0.717, 1.165) is 11.1 Å². The quantitative estimate of drug-likeness (QED) is 0.594. The molecular formula is C22H21NO4. The van der Waals surface area contributed by atoms with Crippen molar-refractivity contribution in [3.63, 3.8) is 0 Å². The highest BCUT2D eigenvalue weighted by Crippen LogP contribution is 2.14. The van der Waals surface area contributed by atoms with Crippen LogP contribution in [0.2, 0.25) is 0 Å². The summed E-state index contributed by atoms with van der Waals surface area (Å²) in [5.41, 5.74) is 2.30. The second-order valence-electron chi connectivity index (χ2n) is 6.23. The highest BCUT2D eigenvalue weighted by Gasteiger charge is 2.25. The summed E-state index contributed by atoms with van der Waals surface area (Å²) in [5.74, 6) is -0.830. The molecule has 0 radical (unpaired) electrons. The van der Waals surface area contributed by atoms with Crippen LogP contribution in [0, 0.1) is 0 Å². The van der Waals surface area contributed by atoms with E-state index in [-0.39, 0.29) is 11.5 Å². The molecular weight excluding hydrogens is 342 g/mol. The Morgan fingerprint density at radius 3 is 1.96 bits per heavy atom. The van der Waals surface area contributed by atoms with Crippen LogP contribution < -0.4 is 0 Å². The van der Waals surface area contributed by atoms with E-state index in [1.165, 1.54) is 18.6 Å². The third-order valence-corrected chi connectivity index (χ3v) is 4.13. The number of carbonyl (C=O) groups is 2. The van der Waals surface area contributed by atoms with Crippen molar-refractivity contribution in [3.8, 4) is 0 Å². The number of nitrogens with zero attached hydrogens (tertiary/aromatic N) is 1. The number of rotatable bonds is 7. The molecule has 0 bridgehead atoms. The van der Waals surface area contributed by atoms with Gasteiger partial charge in [0.1, 0.15) is 6.26 Å². The van der Waals surface area contributed by atoms with Gasteiger partial charge >= 0.3 is 5.97 Å². The Hall–Kier alpha value is -3.34. The fourth-order valence-electron chi connectivity index (χ4n) is 2.74. The first kappa shape index (κ1) is 18.5. The van der Waals surface area contributed by atoms with Gasteiger partial charge in [0.15, 0.2) is 6.10 Å². The van der Waals surface area contributed by atoms with Crippen molar-refractivity contribution in [2.24, 2.45) is 0 Å². The maximum Gasteiger partial charge on any atom is 0.342 e. The third kappa shape index (κ3) is 5.07. The summed E-state index contributed by atoms with van der Waals surface area (Å²) in [7, 11) is 0. The second-order valence-corrected chi connectivity index (χ2v) is 6.23. The van der Waals surface area contributed by atoms with E-state index in [0.29, 0.717) is 13.1 Å². The Morgan fingerprint density at radius 2 is 1.48 bits per heavy atom. The topological polar surface area (TPSA) is 59.8 Å². The molecule has 1 aromatic heterocycles. The molecule has 0 saturated heterocycles. The highest BCUT2D eigenvalue weighted by molar-refractivity contribution is 5.91. The molecule has 0 aliphatic carbocycles. The highest BCUT2D eigenvalue weighted by atomic mass is 16.5. The number of hydrogen-bond donors (Lipinski definition) is 0. The first-order valence-corrected chi connectivity index (χ1v) is 8.73. The molecule has 0 N–H and O–H groups in total. The molecule has 1 heterocycles.